The molecule has 2 amide bonds. The molecule has 4 rings (SSSR count). The summed E-state index contributed by atoms with van der Waals surface area (Å²) in [5, 5.41) is 15.7. The summed E-state index contributed by atoms with van der Waals surface area (Å²) in [7, 11) is 0. The molecule has 0 saturated heterocycles. The first-order valence-electron chi connectivity index (χ1n) is 11.5. The van der Waals surface area contributed by atoms with Gasteiger partial charge in [-0.25, -0.2) is 0 Å². The lowest BCUT2D eigenvalue weighted by atomic mass is 10.1. The van der Waals surface area contributed by atoms with E-state index in [4.69, 9.17) is 23.2 Å². The number of halogens is 2. The van der Waals surface area contributed by atoms with Gasteiger partial charge in [-0.2, -0.15) is 0 Å². The maximum absolute atomic E-state index is 12.7. The quantitative estimate of drug-likeness (QED) is 0.255. The zero-order valence-electron chi connectivity index (χ0n) is 20.5. The maximum Gasteiger partial charge on any atom is 0.251 e. The molecule has 0 spiro atoms. The van der Waals surface area contributed by atoms with Crippen LogP contribution >= 0.6 is 35.0 Å². The van der Waals surface area contributed by atoms with E-state index >= 15 is 0 Å². The Morgan fingerprint density at radius 3 is 2.46 bits per heavy atom. The number of nitrogens with one attached hydrogen (secondary N) is 2. The Morgan fingerprint density at radius 1 is 0.919 bits per heavy atom. The van der Waals surface area contributed by atoms with Gasteiger partial charge in [0.2, 0.25) is 5.91 Å². The summed E-state index contributed by atoms with van der Waals surface area (Å²) in [6.45, 7) is 5.97. The monoisotopic (exact) mass is 553 g/mol. The van der Waals surface area contributed by atoms with Crippen molar-refractivity contribution >= 4 is 52.5 Å². The van der Waals surface area contributed by atoms with Crippen LogP contribution < -0.4 is 10.6 Å². The minimum absolute atomic E-state index is 0.114. The molecule has 3 aromatic carbocycles. The van der Waals surface area contributed by atoms with Crippen molar-refractivity contribution in [2.24, 2.45) is 0 Å². The van der Waals surface area contributed by atoms with Gasteiger partial charge in [-0.15, -0.1) is 10.2 Å². The van der Waals surface area contributed by atoms with Crippen LogP contribution in [0.15, 0.2) is 65.8 Å². The van der Waals surface area contributed by atoms with E-state index < -0.39 is 0 Å². The first-order chi connectivity index (χ1) is 17.7. The fourth-order valence-electron chi connectivity index (χ4n) is 3.63. The minimum Gasteiger partial charge on any atom is -0.345 e. The van der Waals surface area contributed by atoms with Crippen LogP contribution in [-0.2, 0) is 11.3 Å². The van der Waals surface area contributed by atoms with Crippen LogP contribution in [-0.4, -0.2) is 32.3 Å². The number of aryl methyl sites for hydroxylation is 3. The van der Waals surface area contributed by atoms with E-state index in [0.29, 0.717) is 32.3 Å². The van der Waals surface area contributed by atoms with Crippen molar-refractivity contribution in [3.63, 3.8) is 0 Å². The molecule has 0 fully saturated rings. The van der Waals surface area contributed by atoms with Crippen LogP contribution in [0.1, 0.15) is 32.9 Å². The SMILES string of the molecule is Cc1cccc(C(=O)NCc2nnc(SCC(=O)Nc3cc(C)ccc3C)n2-c2ccc(Cl)c(Cl)c2)c1. The van der Waals surface area contributed by atoms with Crippen molar-refractivity contribution < 1.29 is 9.59 Å². The lowest BCUT2D eigenvalue weighted by molar-refractivity contribution is -0.113. The van der Waals surface area contributed by atoms with Crippen LogP contribution in [0.5, 0.6) is 0 Å². The van der Waals surface area contributed by atoms with Crippen molar-refractivity contribution in [3.8, 4) is 5.69 Å². The van der Waals surface area contributed by atoms with E-state index in [9.17, 15) is 9.59 Å². The number of carbonyl (C=O) groups is 2. The molecule has 1 aromatic heterocycles. The third-order valence-corrected chi connectivity index (χ3v) is 7.22. The van der Waals surface area contributed by atoms with Gasteiger partial charge < -0.3 is 10.6 Å². The van der Waals surface area contributed by atoms with E-state index in [2.05, 4.69) is 20.8 Å². The molecule has 0 saturated carbocycles. The molecule has 0 aliphatic rings. The molecule has 0 aliphatic heterocycles. The van der Waals surface area contributed by atoms with Crippen molar-refractivity contribution in [2.75, 3.05) is 11.1 Å². The average Bonchev–Trinajstić information content (AvgIpc) is 3.28. The van der Waals surface area contributed by atoms with E-state index in [-0.39, 0.29) is 24.1 Å². The van der Waals surface area contributed by atoms with Crippen LogP contribution in [0.4, 0.5) is 5.69 Å². The molecule has 10 heteroatoms. The first-order valence-corrected chi connectivity index (χ1v) is 13.2. The van der Waals surface area contributed by atoms with Crippen LogP contribution in [0, 0.1) is 20.8 Å². The van der Waals surface area contributed by atoms with Crippen LogP contribution in [0.25, 0.3) is 5.69 Å². The molecule has 0 atom stereocenters. The van der Waals surface area contributed by atoms with Gasteiger partial charge in [0, 0.05) is 11.3 Å². The Balaban J connectivity index is 1.54. The largest absolute Gasteiger partial charge is 0.345 e. The highest BCUT2D eigenvalue weighted by Gasteiger charge is 2.18. The highest BCUT2D eigenvalue weighted by molar-refractivity contribution is 7.99. The number of rotatable bonds is 8. The first kappa shape index (κ1) is 26.7. The van der Waals surface area contributed by atoms with Gasteiger partial charge in [-0.3, -0.25) is 14.2 Å². The Bertz CT molecular complexity index is 1470. The molecule has 0 unspecified atom stereocenters. The zero-order chi connectivity index (χ0) is 26.5. The average molecular weight is 555 g/mol. The molecular formula is C27H25Cl2N5O2S. The molecule has 0 aliphatic carbocycles. The predicted molar refractivity (Wildman–Crippen MR) is 149 cm³/mol. The summed E-state index contributed by atoms with van der Waals surface area (Å²) in [6.07, 6.45) is 0. The summed E-state index contributed by atoms with van der Waals surface area (Å²) in [5.74, 6) is 0.200. The second kappa shape index (κ2) is 11.8. The maximum atomic E-state index is 12.7. The highest BCUT2D eigenvalue weighted by Crippen LogP contribution is 2.28. The lowest BCUT2D eigenvalue weighted by Crippen LogP contribution is -2.24. The number of anilines is 1. The van der Waals surface area contributed by atoms with Gasteiger partial charge in [0.05, 0.1) is 28.0 Å². The number of hydrogen-bond acceptors (Lipinski definition) is 5. The number of thioether (sulfide) groups is 1. The molecule has 0 bridgehead atoms. The third-order valence-electron chi connectivity index (χ3n) is 5.55. The van der Waals surface area contributed by atoms with Gasteiger partial charge >= 0.3 is 0 Å². The molecule has 2 N–H and O–H groups in total. The van der Waals surface area contributed by atoms with Crippen molar-refractivity contribution in [1.29, 1.82) is 0 Å². The number of aromatic nitrogens is 3. The van der Waals surface area contributed by atoms with Crippen molar-refractivity contribution in [1.82, 2.24) is 20.1 Å². The van der Waals surface area contributed by atoms with E-state index in [1.54, 1.807) is 28.8 Å². The second-order valence-electron chi connectivity index (χ2n) is 8.54. The fraction of sp³-hybridized carbons (Fsp3) is 0.185. The Morgan fingerprint density at radius 2 is 1.70 bits per heavy atom. The number of hydrogen-bond donors (Lipinski definition) is 2. The number of carbonyl (C=O) groups excluding carboxylic acids is 2. The highest BCUT2D eigenvalue weighted by atomic mass is 35.5. The number of benzene rings is 3. The Hall–Kier alpha value is -3.33. The zero-order valence-corrected chi connectivity index (χ0v) is 22.8. The second-order valence-corrected chi connectivity index (χ2v) is 10.3. The van der Waals surface area contributed by atoms with Gasteiger partial charge in [-0.05, 0) is 68.3 Å². The molecular weight excluding hydrogens is 529 g/mol. The molecule has 1 heterocycles. The molecule has 190 valence electrons. The molecule has 37 heavy (non-hydrogen) atoms. The summed E-state index contributed by atoms with van der Waals surface area (Å²) in [6, 6.07) is 18.4. The predicted octanol–water partition coefficient (Wildman–Crippen LogP) is 6.16. The van der Waals surface area contributed by atoms with Gasteiger partial charge in [0.25, 0.3) is 5.91 Å². The van der Waals surface area contributed by atoms with Gasteiger partial charge in [0.15, 0.2) is 11.0 Å². The number of amides is 2. The summed E-state index contributed by atoms with van der Waals surface area (Å²) >= 11 is 13.6. The standard InChI is InChI=1S/C27H25Cl2N5O2S/c1-16-5-4-6-19(11-16)26(36)30-14-24-32-33-27(34(24)20-9-10-21(28)22(29)13-20)37-15-25(35)31-23-12-17(2)7-8-18(23)3/h4-13H,14-15H2,1-3H3,(H,30,36)(H,31,35). The molecule has 4 aromatic rings. The summed E-state index contributed by atoms with van der Waals surface area (Å²) < 4.78 is 1.76. The summed E-state index contributed by atoms with van der Waals surface area (Å²) in [5.41, 5.74) is 5.02. The van der Waals surface area contributed by atoms with E-state index in [1.165, 1.54) is 11.8 Å². The third kappa shape index (κ3) is 6.71. The van der Waals surface area contributed by atoms with Gasteiger partial charge in [0.1, 0.15) is 0 Å². The summed E-state index contributed by atoms with van der Waals surface area (Å²) in [4.78, 5) is 25.4. The van der Waals surface area contributed by atoms with E-state index in [1.807, 2.05) is 57.2 Å². The van der Waals surface area contributed by atoms with Gasteiger partial charge in [-0.1, -0.05) is 64.8 Å². The minimum atomic E-state index is -0.227. The Kier molecular flexibility index (Phi) is 8.53. The smallest absolute Gasteiger partial charge is 0.251 e. The molecule has 0 radical (unpaired) electrons. The normalized spacial score (nSPS) is 10.8. The lowest BCUT2D eigenvalue weighted by Gasteiger charge is -2.12. The van der Waals surface area contributed by atoms with Crippen LogP contribution in [0.2, 0.25) is 10.0 Å². The molecule has 7 nitrogen and oxygen atoms in total. The van der Waals surface area contributed by atoms with Crippen molar-refractivity contribution in [2.45, 2.75) is 32.5 Å². The van der Waals surface area contributed by atoms with E-state index in [0.717, 1.165) is 22.4 Å². The Labute approximate surface area is 229 Å². The number of nitrogens with zero attached hydrogens (tertiary/aromatic N) is 3. The topological polar surface area (TPSA) is 88.9 Å². The fourth-order valence-corrected chi connectivity index (χ4v) is 4.69. The van der Waals surface area contributed by atoms with Crippen molar-refractivity contribution in [3.05, 3.63) is 98.8 Å². The van der Waals surface area contributed by atoms with Crippen LogP contribution in [0.3, 0.4) is 0 Å².